The Kier molecular flexibility index (Phi) is 2.33. The van der Waals surface area contributed by atoms with E-state index >= 15 is 0 Å². The van der Waals surface area contributed by atoms with Crippen LogP contribution in [0.15, 0.2) is 24.4 Å². The van der Waals surface area contributed by atoms with Gasteiger partial charge in [0.15, 0.2) is 0 Å². The van der Waals surface area contributed by atoms with E-state index in [0.717, 1.165) is 22.4 Å². The van der Waals surface area contributed by atoms with Crippen molar-refractivity contribution in [2.45, 2.75) is 6.92 Å². The van der Waals surface area contributed by atoms with Crippen LogP contribution in [0.2, 0.25) is 0 Å². The smallest absolute Gasteiger partial charge is 0.126 e. The lowest BCUT2D eigenvalue weighted by atomic mass is 10.1. The van der Waals surface area contributed by atoms with Crippen LogP contribution in [0.3, 0.4) is 0 Å². The van der Waals surface area contributed by atoms with Gasteiger partial charge < -0.3 is 10.5 Å². The molecule has 0 atom stereocenters. The van der Waals surface area contributed by atoms with Crippen molar-refractivity contribution in [1.29, 1.82) is 0 Å². The Balaban J connectivity index is 2.47. The maximum absolute atomic E-state index is 5.74. The van der Waals surface area contributed by atoms with Gasteiger partial charge >= 0.3 is 0 Å². The van der Waals surface area contributed by atoms with Gasteiger partial charge in [-0.25, -0.2) is 0 Å². The highest BCUT2D eigenvalue weighted by atomic mass is 16.5. The minimum atomic E-state index is 0.583. The molecule has 78 valence electrons. The maximum Gasteiger partial charge on any atom is 0.126 e. The molecule has 3 N–H and O–H groups in total. The van der Waals surface area contributed by atoms with Crippen molar-refractivity contribution in [3.63, 3.8) is 0 Å². The summed E-state index contributed by atoms with van der Waals surface area (Å²) in [6.45, 7) is 2.00. The summed E-state index contributed by atoms with van der Waals surface area (Å²) in [5.74, 6) is 1.46. The fourth-order valence-corrected chi connectivity index (χ4v) is 1.57. The number of benzene rings is 1. The fraction of sp³-hybridized carbons (Fsp3) is 0.182. The van der Waals surface area contributed by atoms with Crippen LogP contribution < -0.4 is 10.5 Å². The second-order valence-electron chi connectivity index (χ2n) is 3.38. The topological polar surface area (TPSA) is 63.9 Å². The first kappa shape index (κ1) is 9.58. The van der Waals surface area contributed by atoms with Gasteiger partial charge in [0.05, 0.1) is 13.3 Å². The monoisotopic (exact) mass is 203 g/mol. The van der Waals surface area contributed by atoms with Gasteiger partial charge in [-0.05, 0) is 30.2 Å². The third-order valence-electron chi connectivity index (χ3n) is 2.37. The second-order valence-corrected chi connectivity index (χ2v) is 3.38. The first-order valence-electron chi connectivity index (χ1n) is 4.66. The predicted molar refractivity (Wildman–Crippen MR) is 59.7 cm³/mol. The number of H-pyrrole nitrogens is 1. The van der Waals surface area contributed by atoms with Gasteiger partial charge in [0.25, 0.3) is 0 Å². The highest BCUT2D eigenvalue weighted by molar-refractivity contribution is 5.74. The van der Waals surface area contributed by atoms with E-state index in [4.69, 9.17) is 10.5 Å². The normalized spacial score (nSPS) is 10.3. The fourth-order valence-electron chi connectivity index (χ4n) is 1.57. The summed E-state index contributed by atoms with van der Waals surface area (Å²) in [6, 6.07) is 5.92. The van der Waals surface area contributed by atoms with Crippen LogP contribution in [0.4, 0.5) is 5.82 Å². The van der Waals surface area contributed by atoms with Crippen LogP contribution in [0.25, 0.3) is 11.1 Å². The SMILES string of the molecule is COc1ccc(-c2cn[nH]c2N)cc1C. The van der Waals surface area contributed by atoms with Crippen molar-refractivity contribution < 1.29 is 4.74 Å². The third kappa shape index (κ3) is 1.66. The molecule has 0 aliphatic heterocycles. The number of aryl methyl sites for hydroxylation is 1. The van der Waals surface area contributed by atoms with Crippen molar-refractivity contribution >= 4 is 5.82 Å². The third-order valence-corrected chi connectivity index (χ3v) is 2.37. The molecular formula is C11H13N3O. The lowest BCUT2D eigenvalue weighted by Crippen LogP contribution is -1.90. The number of nitrogen functional groups attached to an aromatic ring is 1. The van der Waals surface area contributed by atoms with Crippen molar-refractivity contribution in [3.05, 3.63) is 30.0 Å². The minimum absolute atomic E-state index is 0.583. The van der Waals surface area contributed by atoms with E-state index in [0.29, 0.717) is 5.82 Å². The van der Waals surface area contributed by atoms with Crippen LogP contribution in [0, 0.1) is 6.92 Å². The largest absolute Gasteiger partial charge is 0.496 e. The van der Waals surface area contributed by atoms with Crippen molar-refractivity contribution in [2.75, 3.05) is 12.8 Å². The number of nitrogens with zero attached hydrogens (tertiary/aromatic N) is 1. The molecule has 4 nitrogen and oxygen atoms in total. The predicted octanol–water partition coefficient (Wildman–Crippen LogP) is 1.98. The minimum Gasteiger partial charge on any atom is -0.496 e. The molecule has 0 radical (unpaired) electrons. The number of hydrogen-bond donors (Lipinski definition) is 2. The lowest BCUT2D eigenvalue weighted by molar-refractivity contribution is 0.412. The zero-order valence-corrected chi connectivity index (χ0v) is 8.74. The van der Waals surface area contributed by atoms with Crippen LogP contribution in [-0.4, -0.2) is 17.3 Å². The van der Waals surface area contributed by atoms with E-state index in [-0.39, 0.29) is 0 Å². The molecule has 0 aliphatic carbocycles. The molecule has 1 aromatic carbocycles. The van der Waals surface area contributed by atoms with Crippen LogP contribution in [-0.2, 0) is 0 Å². The Bertz CT molecular complexity index is 476. The summed E-state index contributed by atoms with van der Waals surface area (Å²) < 4.78 is 5.19. The molecule has 2 rings (SSSR count). The molecule has 0 spiro atoms. The quantitative estimate of drug-likeness (QED) is 0.784. The molecule has 0 aliphatic rings. The van der Waals surface area contributed by atoms with E-state index < -0.39 is 0 Å². The zero-order chi connectivity index (χ0) is 10.8. The van der Waals surface area contributed by atoms with Gasteiger partial charge in [0.2, 0.25) is 0 Å². The molecule has 15 heavy (non-hydrogen) atoms. The summed E-state index contributed by atoms with van der Waals surface area (Å²) in [6.07, 6.45) is 1.72. The number of aromatic amines is 1. The van der Waals surface area contributed by atoms with Crippen LogP contribution in [0.5, 0.6) is 5.75 Å². The van der Waals surface area contributed by atoms with Crippen molar-refractivity contribution in [2.24, 2.45) is 0 Å². The summed E-state index contributed by atoms with van der Waals surface area (Å²) in [7, 11) is 1.66. The number of anilines is 1. The molecular weight excluding hydrogens is 190 g/mol. The van der Waals surface area contributed by atoms with E-state index in [1.54, 1.807) is 13.3 Å². The molecule has 0 bridgehead atoms. The van der Waals surface area contributed by atoms with Gasteiger partial charge in [-0.1, -0.05) is 6.07 Å². The number of nitrogens with one attached hydrogen (secondary N) is 1. The Labute approximate surface area is 88.1 Å². The highest BCUT2D eigenvalue weighted by Gasteiger charge is 2.06. The number of hydrogen-bond acceptors (Lipinski definition) is 3. The summed E-state index contributed by atoms with van der Waals surface area (Å²) >= 11 is 0. The van der Waals surface area contributed by atoms with Crippen molar-refractivity contribution in [3.8, 4) is 16.9 Å². The highest BCUT2D eigenvalue weighted by Crippen LogP contribution is 2.28. The summed E-state index contributed by atoms with van der Waals surface area (Å²) in [5, 5.41) is 6.60. The van der Waals surface area contributed by atoms with Gasteiger partial charge in [-0.3, -0.25) is 5.10 Å². The van der Waals surface area contributed by atoms with Crippen molar-refractivity contribution in [1.82, 2.24) is 10.2 Å². The number of ether oxygens (including phenoxy) is 1. The molecule has 0 unspecified atom stereocenters. The molecule has 4 heteroatoms. The lowest BCUT2D eigenvalue weighted by Gasteiger charge is -2.06. The van der Waals surface area contributed by atoms with E-state index in [1.165, 1.54) is 0 Å². The van der Waals surface area contributed by atoms with Crippen LogP contribution >= 0.6 is 0 Å². The first-order chi connectivity index (χ1) is 7.22. The van der Waals surface area contributed by atoms with Gasteiger partial charge in [0, 0.05) is 5.56 Å². The molecule has 1 aromatic heterocycles. The summed E-state index contributed by atoms with van der Waals surface area (Å²) in [4.78, 5) is 0. The molecule has 2 aromatic rings. The van der Waals surface area contributed by atoms with Gasteiger partial charge in [-0.15, -0.1) is 0 Å². The molecule has 1 heterocycles. The van der Waals surface area contributed by atoms with Crippen LogP contribution in [0.1, 0.15) is 5.56 Å². The molecule has 0 fully saturated rings. The van der Waals surface area contributed by atoms with E-state index in [1.807, 2.05) is 25.1 Å². The average Bonchev–Trinajstić information content (AvgIpc) is 2.64. The standard InChI is InChI=1S/C11H13N3O/c1-7-5-8(3-4-10(7)15-2)9-6-13-14-11(9)12/h3-6H,1-2H3,(H3,12,13,14). The second kappa shape index (κ2) is 3.65. The van der Waals surface area contributed by atoms with Gasteiger partial charge in [0.1, 0.15) is 11.6 Å². The number of rotatable bonds is 2. The Morgan fingerprint density at radius 3 is 2.73 bits per heavy atom. The number of aromatic nitrogens is 2. The Morgan fingerprint density at radius 1 is 1.40 bits per heavy atom. The maximum atomic E-state index is 5.74. The Hall–Kier alpha value is -1.97. The molecule has 0 saturated carbocycles. The number of nitrogens with two attached hydrogens (primary N) is 1. The number of methoxy groups -OCH3 is 1. The average molecular weight is 203 g/mol. The van der Waals surface area contributed by atoms with E-state index in [9.17, 15) is 0 Å². The first-order valence-corrected chi connectivity index (χ1v) is 4.66. The molecule has 0 saturated heterocycles. The summed E-state index contributed by atoms with van der Waals surface area (Å²) in [5.41, 5.74) is 8.78. The van der Waals surface area contributed by atoms with Gasteiger partial charge in [-0.2, -0.15) is 5.10 Å². The Morgan fingerprint density at radius 2 is 2.20 bits per heavy atom. The zero-order valence-electron chi connectivity index (χ0n) is 8.74. The van der Waals surface area contributed by atoms with E-state index in [2.05, 4.69) is 10.2 Å². The molecule has 0 amide bonds.